The molecule has 1 N–H and O–H groups in total. The van der Waals surface area contributed by atoms with Crippen LogP contribution in [-0.2, 0) is 24.4 Å². The second-order valence-corrected chi connectivity index (χ2v) is 11.3. The Bertz CT molecular complexity index is 1330. The molecule has 1 unspecified atom stereocenters. The predicted octanol–water partition coefficient (Wildman–Crippen LogP) is 5.83. The van der Waals surface area contributed by atoms with E-state index in [0.717, 1.165) is 49.4 Å². The Balaban J connectivity index is 1.20. The van der Waals surface area contributed by atoms with Crippen LogP contribution in [0.1, 0.15) is 65.6 Å². The first-order valence-electron chi connectivity index (χ1n) is 14.5. The van der Waals surface area contributed by atoms with Crippen LogP contribution in [0.25, 0.3) is 0 Å². The van der Waals surface area contributed by atoms with Gasteiger partial charge in [-0.25, -0.2) is 0 Å². The highest BCUT2D eigenvalue weighted by atomic mass is 16.5. The van der Waals surface area contributed by atoms with E-state index in [1.54, 1.807) is 4.90 Å². The molecule has 3 aliphatic rings. The number of rotatable bonds is 8. The number of benzene rings is 3. The molecule has 6 rings (SSSR count). The zero-order valence-corrected chi connectivity index (χ0v) is 22.9. The van der Waals surface area contributed by atoms with Crippen molar-refractivity contribution in [3.05, 3.63) is 113 Å². The fourth-order valence-electron chi connectivity index (χ4n) is 6.44. The van der Waals surface area contributed by atoms with Crippen molar-refractivity contribution in [3.63, 3.8) is 0 Å². The van der Waals surface area contributed by atoms with Gasteiger partial charge in [-0.15, -0.1) is 0 Å². The molecule has 40 heavy (non-hydrogen) atoms. The third-order valence-electron chi connectivity index (χ3n) is 8.49. The van der Waals surface area contributed by atoms with Gasteiger partial charge in [0.05, 0.1) is 0 Å². The number of ether oxygens (including phenoxy) is 1. The molecule has 2 fully saturated rings. The lowest BCUT2D eigenvalue weighted by molar-refractivity contribution is -0.126. The lowest BCUT2D eigenvalue weighted by Gasteiger charge is -2.40. The number of carbonyl (C=O) groups excluding carboxylic acids is 2. The van der Waals surface area contributed by atoms with E-state index in [1.165, 1.54) is 17.5 Å². The minimum Gasteiger partial charge on any atom is -0.489 e. The maximum absolute atomic E-state index is 13.2. The Morgan fingerprint density at radius 3 is 2.23 bits per heavy atom. The third-order valence-corrected chi connectivity index (χ3v) is 8.49. The number of carbonyl (C=O) groups is 2. The molecule has 1 aliphatic carbocycles. The van der Waals surface area contributed by atoms with Gasteiger partial charge in [-0.05, 0) is 67.0 Å². The number of nitrogens with zero attached hydrogens (tertiary/aromatic N) is 2. The summed E-state index contributed by atoms with van der Waals surface area (Å²) in [4.78, 5) is 30.0. The number of piperidine rings is 1. The topological polar surface area (TPSA) is 61.9 Å². The Kier molecular flexibility index (Phi) is 7.69. The van der Waals surface area contributed by atoms with E-state index >= 15 is 0 Å². The molecule has 2 amide bonds. The standard InChI is InChI=1S/C34H37N3O3/c1-24-16-19-31(33(38)35-24)37-23-27-20-28(17-18-29(27)34(37)39)40-32-15-9-8-14-30(32)36(21-25-10-4-2-5-11-25)22-26-12-6-3-7-13-26/h2-7,10-13,17-18,20,30-32H,1,8-9,14-16,19,21-23H2,(H,35,38)/t30-,31?,32-/m0/s1. The average Bonchev–Trinajstić information content (AvgIpc) is 3.29. The SMILES string of the molecule is C=C1CCC(N2Cc3cc(O[C@H]4CCCC[C@@H]4N(Cc4ccccc4)Cc4ccccc4)ccc3C2=O)C(=O)N1. The zero-order valence-electron chi connectivity index (χ0n) is 22.9. The quantitative estimate of drug-likeness (QED) is 0.395. The van der Waals surface area contributed by atoms with Crippen LogP contribution in [0.5, 0.6) is 5.75 Å². The van der Waals surface area contributed by atoms with Crippen molar-refractivity contribution in [2.24, 2.45) is 0 Å². The summed E-state index contributed by atoms with van der Waals surface area (Å²) in [6.07, 6.45) is 5.77. The van der Waals surface area contributed by atoms with Crippen LogP contribution in [0.3, 0.4) is 0 Å². The van der Waals surface area contributed by atoms with Gasteiger partial charge in [-0.1, -0.05) is 73.7 Å². The van der Waals surface area contributed by atoms with E-state index in [1.807, 2.05) is 18.2 Å². The molecule has 2 heterocycles. The second kappa shape index (κ2) is 11.7. The molecule has 1 saturated heterocycles. The van der Waals surface area contributed by atoms with Crippen molar-refractivity contribution in [1.29, 1.82) is 0 Å². The highest BCUT2D eigenvalue weighted by molar-refractivity contribution is 6.01. The fraction of sp³-hybridized carbons (Fsp3) is 0.353. The summed E-state index contributed by atoms with van der Waals surface area (Å²) in [6, 6.07) is 27.0. The van der Waals surface area contributed by atoms with Crippen molar-refractivity contribution in [2.45, 2.75) is 76.3 Å². The van der Waals surface area contributed by atoms with Crippen LogP contribution >= 0.6 is 0 Å². The molecule has 3 atom stereocenters. The molecule has 3 aromatic carbocycles. The molecule has 6 heteroatoms. The van der Waals surface area contributed by atoms with Gasteiger partial charge in [0, 0.05) is 36.9 Å². The molecule has 2 aliphatic heterocycles. The molecule has 0 aromatic heterocycles. The number of amides is 2. The van der Waals surface area contributed by atoms with Crippen molar-refractivity contribution < 1.29 is 14.3 Å². The molecule has 3 aromatic rings. The second-order valence-electron chi connectivity index (χ2n) is 11.3. The largest absolute Gasteiger partial charge is 0.489 e. The lowest BCUT2D eigenvalue weighted by Crippen LogP contribution is -2.49. The number of hydrogen-bond acceptors (Lipinski definition) is 4. The van der Waals surface area contributed by atoms with Crippen molar-refractivity contribution in [3.8, 4) is 5.75 Å². The van der Waals surface area contributed by atoms with Gasteiger partial charge in [-0.3, -0.25) is 14.5 Å². The van der Waals surface area contributed by atoms with E-state index in [-0.39, 0.29) is 24.0 Å². The Hall–Kier alpha value is -3.90. The summed E-state index contributed by atoms with van der Waals surface area (Å²) in [7, 11) is 0. The van der Waals surface area contributed by atoms with Crippen LogP contribution in [0.4, 0.5) is 0 Å². The van der Waals surface area contributed by atoms with Crippen LogP contribution < -0.4 is 10.1 Å². The molecule has 0 spiro atoms. The highest BCUT2D eigenvalue weighted by Gasteiger charge is 2.38. The number of nitrogens with one attached hydrogen (secondary N) is 1. The van der Waals surface area contributed by atoms with Crippen molar-refractivity contribution in [2.75, 3.05) is 0 Å². The first-order valence-corrected chi connectivity index (χ1v) is 14.5. The Morgan fingerprint density at radius 2 is 1.55 bits per heavy atom. The zero-order chi connectivity index (χ0) is 27.5. The summed E-state index contributed by atoms with van der Waals surface area (Å²) in [5.41, 5.74) is 4.91. The van der Waals surface area contributed by atoms with Crippen LogP contribution in [0.15, 0.2) is 91.1 Å². The third kappa shape index (κ3) is 5.68. The van der Waals surface area contributed by atoms with Gasteiger partial charge in [0.15, 0.2) is 0 Å². The molecule has 206 valence electrons. The summed E-state index contributed by atoms with van der Waals surface area (Å²) < 4.78 is 6.74. The first-order chi connectivity index (χ1) is 19.5. The summed E-state index contributed by atoms with van der Waals surface area (Å²) in [5, 5.41) is 2.81. The number of allylic oxidation sites excluding steroid dienone is 1. The molecule has 6 nitrogen and oxygen atoms in total. The fourth-order valence-corrected chi connectivity index (χ4v) is 6.44. The smallest absolute Gasteiger partial charge is 0.255 e. The van der Waals surface area contributed by atoms with Gasteiger partial charge >= 0.3 is 0 Å². The number of fused-ring (bicyclic) bond motifs is 1. The first kappa shape index (κ1) is 26.3. The lowest BCUT2D eigenvalue weighted by atomic mass is 9.90. The highest BCUT2D eigenvalue weighted by Crippen LogP contribution is 2.34. The van der Waals surface area contributed by atoms with Gasteiger partial charge < -0.3 is 15.0 Å². The van der Waals surface area contributed by atoms with Crippen LogP contribution in [0, 0.1) is 0 Å². The van der Waals surface area contributed by atoms with E-state index in [4.69, 9.17) is 4.74 Å². The molecule has 1 saturated carbocycles. The summed E-state index contributed by atoms with van der Waals surface area (Å²) >= 11 is 0. The number of hydrogen-bond donors (Lipinski definition) is 1. The monoisotopic (exact) mass is 535 g/mol. The molecule has 0 radical (unpaired) electrons. The van der Waals surface area contributed by atoms with Crippen molar-refractivity contribution >= 4 is 11.8 Å². The normalized spacial score (nSPS) is 22.8. The van der Waals surface area contributed by atoms with Crippen molar-refractivity contribution in [1.82, 2.24) is 15.1 Å². The van der Waals surface area contributed by atoms with E-state index < -0.39 is 6.04 Å². The maximum atomic E-state index is 13.2. The van der Waals surface area contributed by atoms with Gasteiger partial charge in [-0.2, -0.15) is 0 Å². The molecular weight excluding hydrogens is 498 g/mol. The van der Waals surface area contributed by atoms with E-state index in [0.29, 0.717) is 24.9 Å². The predicted molar refractivity (Wildman–Crippen MR) is 155 cm³/mol. The van der Waals surface area contributed by atoms with E-state index in [9.17, 15) is 9.59 Å². The van der Waals surface area contributed by atoms with Gasteiger partial charge in [0.1, 0.15) is 17.9 Å². The van der Waals surface area contributed by atoms with Gasteiger partial charge in [0.25, 0.3) is 5.91 Å². The van der Waals surface area contributed by atoms with E-state index in [2.05, 4.69) is 77.5 Å². The van der Waals surface area contributed by atoms with Crippen LogP contribution in [0.2, 0.25) is 0 Å². The summed E-state index contributed by atoms with van der Waals surface area (Å²) in [6.45, 7) is 6.02. The molecular formula is C34H37N3O3. The van der Waals surface area contributed by atoms with Gasteiger partial charge in [0.2, 0.25) is 5.91 Å². The average molecular weight is 536 g/mol. The Morgan fingerprint density at radius 1 is 0.875 bits per heavy atom. The maximum Gasteiger partial charge on any atom is 0.255 e. The minimum atomic E-state index is -0.456. The minimum absolute atomic E-state index is 0.0579. The Labute approximate surface area is 236 Å². The summed E-state index contributed by atoms with van der Waals surface area (Å²) in [5.74, 6) is 0.573. The molecule has 0 bridgehead atoms. The van der Waals surface area contributed by atoms with Crippen LogP contribution in [-0.4, -0.2) is 39.8 Å².